The van der Waals surface area contributed by atoms with Crippen molar-refractivity contribution in [3.05, 3.63) is 30.1 Å². The number of benzene rings is 1. The molecule has 0 aliphatic rings. The summed E-state index contributed by atoms with van der Waals surface area (Å²) < 4.78 is 39.5. The average Bonchev–Trinajstić information content (AvgIpc) is 2.24. The SMILES string of the molecule is O=S(=O)(Cl)CCCCCOc1ccccc1F. The summed E-state index contributed by atoms with van der Waals surface area (Å²) in [7, 11) is 1.66. The maximum Gasteiger partial charge on any atom is 0.232 e. The molecule has 0 saturated carbocycles. The zero-order valence-electron chi connectivity index (χ0n) is 9.23. The highest BCUT2D eigenvalue weighted by Gasteiger charge is 2.04. The molecular weight excluding hydrogens is 267 g/mol. The molecule has 0 fully saturated rings. The highest BCUT2D eigenvalue weighted by Crippen LogP contribution is 2.15. The molecule has 0 amide bonds. The molecule has 1 rings (SSSR count). The van der Waals surface area contributed by atoms with Gasteiger partial charge in [-0.25, -0.2) is 12.8 Å². The average molecular weight is 281 g/mol. The van der Waals surface area contributed by atoms with E-state index in [0.29, 0.717) is 25.9 Å². The Balaban J connectivity index is 2.15. The highest BCUT2D eigenvalue weighted by molar-refractivity contribution is 8.13. The van der Waals surface area contributed by atoms with Crippen LogP contribution in [0.4, 0.5) is 4.39 Å². The molecule has 0 aliphatic heterocycles. The molecule has 6 heteroatoms. The van der Waals surface area contributed by atoms with Gasteiger partial charge < -0.3 is 4.74 Å². The summed E-state index contributed by atoms with van der Waals surface area (Å²) in [6.45, 7) is 0.364. The Kier molecular flexibility index (Phi) is 5.71. The van der Waals surface area contributed by atoms with E-state index < -0.39 is 14.9 Å². The summed E-state index contributed by atoms with van der Waals surface area (Å²) in [4.78, 5) is 0. The van der Waals surface area contributed by atoms with Crippen molar-refractivity contribution in [2.75, 3.05) is 12.4 Å². The number of unbranched alkanes of at least 4 members (excludes halogenated alkanes) is 2. The second kappa shape index (κ2) is 6.81. The number of hydrogen-bond donors (Lipinski definition) is 0. The lowest BCUT2D eigenvalue weighted by atomic mass is 10.2. The Bertz CT molecular complexity index is 448. The quantitative estimate of drug-likeness (QED) is 0.570. The highest BCUT2D eigenvalue weighted by atomic mass is 35.7. The van der Waals surface area contributed by atoms with Crippen molar-refractivity contribution in [2.24, 2.45) is 0 Å². The van der Waals surface area contributed by atoms with E-state index in [2.05, 4.69) is 0 Å². The van der Waals surface area contributed by atoms with E-state index >= 15 is 0 Å². The minimum atomic E-state index is -3.40. The number of ether oxygens (including phenoxy) is 1. The molecule has 0 spiro atoms. The van der Waals surface area contributed by atoms with Crippen LogP contribution in [0.3, 0.4) is 0 Å². The van der Waals surface area contributed by atoms with Gasteiger partial charge in [0.05, 0.1) is 12.4 Å². The van der Waals surface area contributed by atoms with Gasteiger partial charge in [0.15, 0.2) is 11.6 Å². The summed E-state index contributed by atoms with van der Waals surface area (Å²) in [5.74, 6) is -0.206. The molecule has 0 aromatic heterocycles. The van der Waals surface area contributed by atoms with Gasteiger partial charge in [-0.2, -0.15) is 0 Å². The Hall–Kier alpha value is -0.810. The zero-order chi connectivity index (χ0) is 12.7. The lowest BCUT2D eigenvalue weighted by Crippen LogP contribution is -2.01. The molecule has 0 saturated heterocycles. The van der Waals surface area contributed by atoms with Crippen LogP contribution in [0.1, 0.15) is 19.3 Å². The molecule has 0 N–H and O–H groups in total. The maximum atomic E-state index is 13.1. The smallest absolute Gasteiger partial charge is 0.232 e. The molecule has 17 heavy (non-hydrogen) atoms. The fourth-order valence-corrected chi connectivity index (χ4v) is 2.17. The Morgan fingerprint density at radius 1 is 1.18 bits per heavy atom. The summed E-state index contributed by atoms with van der Waals surface area (Å²) in [6, 6.07) is 6.17. The third-order valence-electron chi connectivity index (χ3n) is 2.13. The molecule has 0 unspecified atom stereocenters. The largest absolute Gasteiger partial charge is 0.491 e. The van der Waals surface area contributed by atoms with Crippen molar-refractivity contribution in [1.82, 2.24) is 0 Å². The molecule has 1 aromatic carbocycles. The van der Waals surface area contributed by atoms with E-state index in [-0.39, 0.29) is 11.5 Å². The molecule has 0 radical (unpaired) electrons. The maximum absolute atomic E-state index is 13.1. The van der Waals surface area contributed by atoms with Crippen LogP contribution in [0.5, 0.6) is 5.75 Å². The summed E-state index contributed by atoms with van der Waals surface area (Å²) in [6.07, 6.45) is 1.84. The van der Waals surface area contributed by atoms with Gasteiger partial charge in [-0.3, -0.25) is 0 Å². The molecule has 3 nitrogen and oxygen atoms in total. The Morgan fingerprint density at radius 2 is 1.88 bits per heavy atom. The lowest BCUT2D eigenvalue weighted by molar-refractivity contribution is 0.291. The number of halogens is 2. The normalized spacial score (nSPS) is 11.4. The zero-order valence-corrected chi connectivity index (χ0v) is 10.8. The molecule has 0 aliphatic carbocycles. The van der Waals surface area contributed by atoms with Crippen molar-refractivity contribution < 1.29 is 17.5 Å². The second-order valence-electron chi connectivity index (χ2n) is 3.58. The van der Waals surface area contributed by atoms with Crippen LogP contribution in [-0.2, 0) is 9.05 Å². The standard InChI is InChI=1S/C11H14ClFO3S/c12-17(14,15)9-5-1-4-8-16-11-7-3-2-6-10(11)13/h2-3,6-7H,1,4-5,8-9H2. The first-order valence-corrected chi connectivity index (χ1v) is 7.76. The van der Waals surface area contributed by atoms with Crippen molar-refractivity contribution in [2.45, 2.75) is 19.3 Å². The van der Waals surface area contributed by atoms with E-state index in [0.717, 1.165) is 0 Å². The predicted molar refractivity (Wildman–Crippen MR) is 65.4 cm³/mol. The van der Waals surface area contributed by atoms with E-state index in [4.69, 9.17) is 15.4 Å². The van der Waals surface area contributed by atoms with E-state index in [1.54, 1.807) is 18.2 Å². The monoisotopic (exact) mass is 280 g/mol. The topological polar surface area (TPSA) is 43.4 Å². The van der Waals surface area contributed by atoms with E-state index in [1.165, 1.54) is 6.07 Å². The van der Waals surface area contributed by atoms with Crippen molar-refractivity contribution in [1.29, 1.82) is 0 Å². The summed E-state index contributed by atoms with van der Waals surface area (Å²) in [5.41, 5.74) is 0. The fourth-order valence-electron chi connectivity index (χ4n) is 1.30. The van der Waals surface area contributed by atoms with Crippen LogP contribution < -0.4 is 4.74 Å². The second-order valence-corrected chi connectivity index (χ2v) is 6.48. The fraction of sp³-hybridized carbons (Fsp3) is 0.455. The van der Waals surface area contributed by atoms with Crippen LogP contribution in [0.15, 0.2) is 24.3 Å². The number of para-hydroxylation sites is 1. The minimum Gasteiger partial charge on any atom is -0.491 e. The van der Waals surface area contributed by atoms with Crippen molar-refractivity contribution >= 4 is 19.7 Å². The van der Waals surface area contributed by atoms with Crippen LogP contribution >= 0.6 is 10.7 Å². The van der Waals surface area contributed by atoms with Crippen LogP contribution in [0.2, 0.25) is 0 Å². The molecule has 0 atom stereocenters. The summed E-state index contributed by atoms with van der Waals surface area (Å²) in [5, 5.41) is 0. The first-order valence-electron chi connectivity index (χ1n) is 5.29. The van der Waals surface area contributed by atoms with Crippen LogP contribution in [0.25, 0.3) is 0 Å². The molecule has 0 bridgehead atoms. The van der Waals surface area contributed by atoms with Gasteiger partial charge in [0.1, 0.15) is 0 Å². The molecule has 1 aromatic rings. The van der Waals surface area contributed by atoms with Gasteiger partial charge in [-0.05, 0) is 31.4 Å². The first-order chi connectivity index (χ1) is 7.99. The first kappa shape index (κ1) is 14.3. The number of hydrogen-bond acceptors (Lipinski definition) is 3. The molecule has 96 valence electrons. The lowest BCUT2D eigenvalue weighted by Gasteiger charge is -2.06. The third kappa shape index (κ3) is 6.48. The number of rotatable bonds is 7. The van der Waals surface area contributed by atoms with Gasteiger partial charge in [0.2, 0.25) is 9.05 Å². The molecule has 0 heterocycles. The van der Waals surface area contributed by atoms with Gasteiger partial charge >= 0.3 is 0 Å². The van der Waals surface area contributed by atoms with E-state index in [1.807, 2.05) is 0 Å². The van der Waals surface area contributed by atoms with Crippen LogP contribution in [-0.4, -0.2) is 20.8 Å². The van der Waals surface area contributed by atoms with Gasteiger partial charge in [0.25, 0.3) is 0 Å². The predicted octanol–water partition coefficient (Wildman–Crippen LogP) is 2.94. The van der Waals surface area contributed by atoms with E-state index in [9.17, 15) is 12.8 Å². The Labute approximate surface area is 105 Å². The third-order valence-corrected chi connectivity index (χ3v) is 3.37. The minimum absolute atomic E-state index is 0.0335. The summed E-state index contributed by atoms with van der Waals surface area (Å²) >= 11 is 0. The van der Waals surface area contributed by atoms with Crippen molar-refractivity contribution in [3.63, 3.8) is 0 Å². The van der Waals surface area contributed by atoms with Crippen molar-refractivity contribution in [3.8, 4) is 5.75 Å². The van der Waals surface area contributed by atoms with Gasteiger partial charge in [-0.1, -0.05) is 12.1 Å². The van der Waals surface area contributed by atoms with Gasteiger partial charge in [-0.15, -0.1) is 0 Å². The Morgan fingerprint density at radius 3 is 2.53 bits per heavy atom. The van der Waals surface area contributed by atoms with Gasteiger partial charge in [0, 0.05) is 10.7 Å². The van der Waals surface area contributed by atoms with Crippen LogP contribution in [0, 0.1) is 5.82 Å². The molecular formula is C11H14ClFO3S.